The van der Waals surface area contributed by atoms with E-state index in [-0.39, 0.29) is 43.9 Å². The first kappa shape index (κ1) is 22.5. The zero-order valence-electron chi connectivity index (χ0n) is 5.50. The average Bonchev–Trinajstić information content (AvgIpc) is 1.19. The Kier molecular flexibility index (Phi) is 21.6. The quantitative estimate of drug-likeness (QED) is 0.185. The van der Waals surface area contributed by atoms with E-state index in [4.69, 9.17) is 34.6 Å². The molecule has 64 valence electrons. The molecule has 0 heterocycles. The van der Waals surface area contributed by atoms with Crippen LogP contribution in [0.25, 0.3) is 0 Å². The van der Waals surface area contributed by atoms with Crippen molar-refractivity contribution in [2.75, 3.05) is 0 Å². The molecular formula is H5CaN2O7P. The molecule has 0 aromatic carbocycles. The second kappa shape index (κ2) is 10.5. The van der Waals surface area contributed by atoms with Crippen LogP contribution in [0.15, 0.2) is 0 Å². The van der Waals surface area contributed by atoms with E-state index in [1.807, 2.05) is 0 Å². The number of hydrogen-bond acceptors (Lipinski definition) is 6. The third-order valence-electron chi connectivity index (χ3n) is 0. The summed E-state index contributed by atoms with van der Waals surface area (Å²) >= 11 is 0. The summed E-state index contributed by atoms with van der Waals surface area (Å²) in [5, 5.41) is 13.6. The van der Waals surface area contributed by atoms with E-state index in [0.29, 0.717) is 0 Å². The molecule has 0 rings (SSSR count). The molecule has 0 fully saturated rings. The first-order valence-corrected chi connectivity index (χ1v) is 2.76. The summed E-state index contributed by atoms with van der Waals surface area (Å²) in [4.78, 5) is 34.0. The summed E-state index contributed by atoms with van der Waals surface area (Å²) in [5.74, 6) is 0. The molecule has 0 aliphatic heterocycles. The summed E-state index contributed by atoms with van der Waals surface area (Å²) in [5.41, 5.74) is 0. The van der Waals surface area contributed by atoms with Crippen LogP contribution in [0.4, 0.5) is 0 Å². The third kappa shape index (κ3) is 2730. The van der Waals surface area contributed by atoms with Crippen LogP contribution < -0.4 is 20.8 Å². The van der Waals surface area contributed by atoms with E-state index < -0.39 is 12.9 Å². The van der Waals surface area contributed by atoms with Gasteiger partial charge in [-0.05, 0) is 0 Å². The Morgan fingerprint density at radius 2 is 1.27 bits per heavy atom. The molecule has 0 atom stereocenters. The van der Waals surface area contributed by atoms with Crippen LogP contribution in [-0.4, -0.2) is 48.0 Å². The Balaban J connectivity index is -0.0000000383. The average molecular weight is 216 g/mol. The molecule has 0 saturated heterocycles. The minimum atomic E-state index is -5.39. The van der Waals surface area contributed by atoms with Crippen molar-refractivity contribution in [1.82, 2.24) is 6.15 Å². The summed E-state index contributed by atoms with van der Waals surface area (Å²) in [7, 11) is -5.39. The van der Waals surface area contributed by atoms with Crippen molar-refractivity contribution >= 4 is 45.6 Å². The summed E-state index contributed by atoms with van der Waals surface area (Å²) in [6.45, 7) is 0. The standard InChI is InChI=1S/Ca.HNO3.H3N.H3O4P/c;2-1(3)4;;1-5(2,3)4/h;(H,2,3,4);1H3;(H3,1,2,3,4)/q+2;;;/p-2. The van der Waals surface area contributed by atoms with E-state index in [2.05, 4.69) is 0 Å². The molecule has 0 amide bonds. The van der Waals surface area contributed by atoms with Gasteiger partial charge in [-0.1, -0.05) is 0 Å². The topological polar surface area (TPSA) is 186 Å². The zero-order chi connectivity index (χ0) is 8.08. The maximum absolute atomic E-state index is 8.55. The minimum absolute atomic E-state index is 0. The van der Waals surface area contributed by atoms with Gasteiger partial charge in [0.1, 0.15) is 0 Å². The van der Waals surface area contributed by atoms with E-state index in [1.54, 1.807) is 0 Å². The molecule has 0 saturated carbocycles. The van der Waals surface area contributed by atoms with Crippen molar-refractivity contribution in [2.24, 2.45) is 0 Å². The molecular weight excluding hydrogens is 211 g/mol. The molecule has 0 radical (unpaired) electrons. The third-order valence-corrected chi connectivity index (χ3v) is 0. The number of quaternary nitrogens is 1. The number of phosphoric acid groups is 1. The normalized spacial score (nSPS) is 7.55. The fourth-order valence-electron chi connectivity index (χ4n) is 0. The van der Waals surface area contributed by atoms with E-state index >= 15 is 0 Å². The molecule has 0 aliphatic rings. The predicted octanol–water partition coefficient (Wildman–Crippen LogP) is -3.18. The molecule has 0 aromatic rings. The van der Waals surface area contributed by atoms with Gasteiger partial charge < -0.3 is 30.6 Å². The van der Waals surface area contributed by atoms with Gasteiger partial charge in [-0.2, -0.15) is 7.82 Å². The van der Waals surface area contributed by atoms with Gasteiger partial charge >= 0.3 is 37.7 Å². The van der Waals surface area contributed by atoms with Crippen LogP contribution in [0.5, 0.6) is 0 Å². The van der Waals surface area contributed by atoms with Gasteiger partial charge in [-0.25, -0.2) is 0 Å². The van der Waals surface area contributed by atoms with E-state index in [0.717, 1.165) is 0 Å². The van der Waals surface area contributed by atoms with Crippen molar-refractivity contribution in [3.8, 4) is 0 Å². The molecule has 11 heteroatoms. The van der Waals surface area contributed by atoms with Crippen molar-refractivity contribution in [1.29, 1.82) is 0 Å². The number of hydrogen-bond donors (Lipinski definition) is 2. The fraction of sp³-hybridized carbons (Fsp3) is 0. The Labute approximate surface area is 91.0 Å². The van der Waals surface area contributed by atoms with Gasteiger partial charge in [0.15, 0.2) is 0 Å². The Morgan fingerprint density at radius 3 is 1.27 bits per heavy atom. The summed E-state index contributed by atoms with van der Waals surface area (Å²) in [6.07, 6.45) is 0. The molecule has 5 N–H and O–H groups in total. The van der Waals surface area contributed by atoms with Crippen molar-refractivity contribution in [3.63, 3.8) is 0 Å². The van der Waals surface area contributed by atoms with Crippen molar-refractivity contribution in [3.05, 3.63) is 10.1 Å². The van der Waals surface area contributed by atoms with E-state index in [1.165, 1.54) is 0 Å². The second-order valence-electron chi connectivity index (χ2n) is 0.685. The van der Waals surface area contributed by atoms with Gasteiger partial charge in [0, 0.05) is 0 Å². The maximum atomic E-state index is 8.55. The van der Waals surface area contributed by atoms with Crippen LogP contribution in [0, 0.1) is 10.1 Å². The molecule has 0 bridgehead atoms. The van der Waals surface area contributed by atoms with Crippen LogP contribution in [0.1, 0.15) is 0 Å². The molecule has 0 spiro atoms. The van der Waals surface area contributed by atoms with Crippen LogP contribution in [0.3, 0.4) is 0 Å². The van der Waals surface area contributed by atoms with Gasteiger partial charge in [-0.3, -0.25) is 0 Å². The first-order valence-electron chi connectivity index (χ1n) is 1.30. The number of nitrogens with zero attached hydrogens (tertiary/aromatic N) is 1. The Bertz CT molecular complexity index is 116. The monoisotopic (exact) mass is 216 g/mol. The molecule has 0 aliphatic carbocycles. The van der Waals surface area contributed by atoms with Crippen LogP contribution >= 0.6 is 7.82 Å². The molecule has 11 heavy (non-hydrogen) atoms. The van der Waals surface area contributed by atoms with Crippen LogP contribution in [-0.2, 0) is 4.57 Å². The summed E-state index contributed by atoms with van der Waals surface area (Å²) in [6, 6.07) is 0. The summed E-state index contributed by atoms with van der Waals surface area (Å²) < 4.78 is 8.55. The fourth-order valence-corrected chi connectivity index (χ4v) is 0. The predicted molar refractivity (Wildman–Crippen MR) is 28.1 cm³/mol. The van der Waals surface area contributed by atoms with Gasteiger partial charge in [0.25, 0.3) is 5.09 Å². The Hall–Kier alpha value is 0.530. The van der Waals surface area contributed by atoms with Crippen LogP contribution in [0.2, 0.25) is 0 Å². The number of rotatable bonds is 0. The van der Waals surface area contributed by atoms with Crippen molar-refractivity contribution < 1.29 is 29.5 Å². The molecule has 9 nitrogen and oxygen atoms in total. The van der Waals surface area contributed by atoms with Crippen molar-refractivity contribution in [2.45, 2.75) is 0 Å². The van der Waals surface area contributed by atoms with Gasteiger partial charge in [-0.15, -0.1) is 10.1 Å². The van der Waals surface area contributed by atoms with E-state index in [9.17, 15) is 0 Å². The van der Waals surface area contributed by atoms with Gasteiger partial charge in [0.2, 0.25) is 0 Å². The van der Waals surface area contributed by atoms with Gasteiger partial charge in [0.05, 0.1) is 0 Å². The molecule has 0 aromatic heterocycles. The SMILES string of the molecule is O=P([O-])([O-])[O-].O=[N+]([O-])O.[Ca+2].[NH4+]. The maximum Gasteiger partial charge on any atom is 2.00 e. The minimum Gasteiger partial charge on any atom is -0.822 e. The first-order chi connectivity index (χ1) is 3.73. The smallest absolute Gasteiger partial charge is 0.822 e. The Morgan fingerprint density at radius 1 is 1.27 bits per heavy atom. The largest absolute Gasteiger partial charge is 2.00 e. The molecule has 0 unspecified atom stereocenters. The second-order valence-corrected chi connectivity index (χ2v) is 1.58. The zero-order valence-corrected chi connectivity index (χ0v) is 8.60.